The van der Waals surface area contributed by atoms with Crippen LogP contribution in [0.25, 0.3) is 11.1 Å². The number of rotatable bonds is 4. The van der Waals surface area contributed by atoms with Crippen molar-refractivity contribution in [3.8, 4) is 11.1 Å². The number of hydrogen-bond donors (Lipinski definition) is 0. The third-order valence-electron chi connectivity index (χ3n) is 7.20. The molecule has 3 aromatic carbocycles. The van der Waals surface area contributed by atoms with Crippen LogP contribution in [0.3, 0.4) is 0 Å². The Morgan fingerprint density at radius 3 is 2.29 bits per heavy atom. The molecule has 180 valence electrons. The zero-order chi connectivity index (χ0) is 24.4. The highest BCUT2D eigenvalue weighted by molar-refractivity contribution is 6.01. The average molecular weight is 473 g/mol. The monoisotopic (exact) mass is 472 g/mol. The number of anilines is 1. The number of halogens is 1. The Labute approximate surface area is 205 Å². The van der Waals surface area contributed by atoms with Crippen LogP contribution in [0.4, 0.5) is 10.1 Å². The zero-order valence-electron chi connectivity index (χ0n) is 19.8. The number of benzene rings is 3. The minimum Gasteiger partial charge on any atom is -0.373 e. The lowest BCUT2D eigenvalue weighted by atomic mass is 9.86. The lowest BCUT2D eigenvalue weighted by Crippen LogP contribution is -2.47. The van der Waals surface area contributed by atoms with Crippen LogP contribution in [0, 0.1) is 5.82 Å². The van der Waals surface area contributed by atoms with Crippen LogP contribution in [-0.4, -0.2) is 48.1 Å². The maximum absolute atomic E-state index is 13.5. The van der Waals surface area contributed by atoms with Crippen LogP contribution in [0.2, 0.25) is 0 Å². The Hall–Kier alpha value is -3.51. The summed E-state index contributed by atoms with van der Waals surface area (Å²) in [5.41, 5.74) is 2.99. The van der Waals surface area contributed by atoms with Gasteiger partial charge in [0.05, 0.1) is 18.2 Å². The summed E-state index contributed by atoms with van der Waals surface area (Å²) < 4.78 is 19.7. The summed E-state index contributed by atoms with van der Waals surface area (Å²) in [6, 6.07) is 23.6. The first-order valence-electron chi connectivity index (χ1n) is 12.1. The van der Waals surface area contributed by atoms with Gasteiger partial charge in [0, 0.05) is 31.3 Å². The third kappa shape index (κ3) is 4.71. The average Bonchev–Trinajstić information content (AvgIpc) is 3.28. The van der Waals surface area contributed by atoms with E-state index in [0.717, 1.165) is 24.0 Å². The van der Waals surface area contributed by atoms with Crippen molar-refractivity contribution in [2.45, 2.75) is 37.8 Å². The molecule has 0 aliphatic carbocycles. The zero-order valence-corrected chi connectivity index (χ0v) is 19.8. The van der Waals surface area contributed by atoms with E-state index in [4.69, 9.17) is 4.74 Å². The van der Waals surface area contributed by atoms with E-state index >= 15 is 0 Å². The summed E-state index contributed by atoms with van der Waals surface area (Å²) in [5, 5.41) is 0. The molecular weight excluding hydrogens is 443 g/mol. The fraction of sp³-hybridized carbons (Fsp3) is 0.310. The van der Waals surface area contributed by atoms with Crippen molar-refractivity contribution in [2.75, 3.05) is 24.6 Å². The lowest BCUT2D eigenvalue weighted by Gasteiger charge is -2.39. The molecule has 2 amide bonds. The van der Waals surface area contributed by atoms with Crippen LogP contribution in [-0.2, 0) is 9.53 Å². The Balaban J connectivity index is 1.28. The molecule has 0 N–H and O–H groups in total. The fourth-order valence-corrected chi connectivity index (χ4v) is 5.41. The summed E-state index contributed by atoms with van der Waals surface area (Å²) >= 11 is 0. The predicted molar refractivity (Wildman–Crippen MR) is 134 cm³/mol. The second kappa shape index (κ2) is 9.62. The molecular formula is C29H29FN2O3. The van der Waals surface area contributed by atoms with E-state index in [1.165, 1.54) is 19.1 Å². The molecule has 0 saturated carbocycles. The molecule has 2 saturated heterocycles. The molecule has 2 fully saturated rings. The van der Waals surface area contributed by atoms with Gasteiger partial charge >= 0.3 is 0 Å². The molecule has 2 aliphatic heterocycles. The van der Waals surface area contributed by atoms with Gasteiger partial charge in [-0.15, -0.1) is 0 Å². The van der Waals surface area contributed by atoms with Crippen molar-refractivity contribution in [2.24, 2.45) is 0 Å². The summed E-state index contributed by atoms with van der Waals surface area (Å²) in [6.07, 6.45) is 2.14. The Bertz CT molecular complexity index is 1200. The number of ether oxygens (including phenoxy) is 1. The van der Waals surface area contributed by atoms with Crippen LogP contribution in [0.15, 0.2) is 78.9 Å². The number of carbonyl (C=O) groups is 2. The lowest BCUT2D eigenvalue weighted by molar-refractivity contribution is -0.117. The number of hydrogen-bond acceptors (Lipinski definition) is 3. The Morgan fingerprint density at radius 1 is 0.943 bits per heavy atom. The molecule has 0 bridgehead atoms. The Kier molecular flexibility index (Phi) is 6.39. The van der Waals surface area contributed by atoms with Gasteiger partial charge in [-0.25, -0.2) is 4.39 Å². The van der Waals surface area contributed by atoms with Crippen LogP contribution in [0.1, 0.15) is 36.5 Å². The van der Waals surface area contributed by atoms with Gasteiger partial charge in [0.25, 0.3) is 5.91 Å². The summed E-state index contributed by atoms with van der Waals surface area (Å²) in [4.78, 5) is 29.6. The first-order chi connectivity index (χ1) is 17.0. The van der Waals surface area contributed by atoms with Gasteiger partial charge in [-0.3, -0.25) is 9.59 Å². The number of carbonyl (C=O) groups excluding carboxylic acids is 2. The summed E-state index contributed by atoms with van der Waals surface area (Å²) in [5.74, 6) is -0.389. The summed E-state index contributed by atoms with van der Waals surface area (Å²) in [6.45, 7) is 3.16. The van der Waals surface area contributed by atoms with Crippen LogP contribution < -0.4 is 4.90 Å². The van der Waals surface area contributed by atoms with E-state index in [1.54, 1.807) is 17.0 Å². The van der Waals surface area contributed by atoms with Crippen LogP contribution in [0.5, 0.6) is 0 Å². The Morgan fingerprint density at radius 2 is 1.60 bits per heavy atom. The van der Waals surface area contributed by atoms with Gasteiger partial charge in [-0.2, -0.15) is 0 Å². The van der Waals surface area contributed by atoms with Crippen molar-refractivity contribution in [3.05, 3.63) is 90.2 Å². The van der Waals surface area contributed by atoms with Crippen molar-refractivity contribution >= 4 is 17.5 Å². The van der Waals surface area contributed by atoms with E-state index in [0.29, 0.717) is 37.4 Å². The second-order valence-electron chi connectivity index (χ2n) is 9.42. The fourth-order valence-electron chi connectivity index (χ4n) is 5.41. The minimum atomic E-state index is -0.353. The SMILES string of the molecule is CC(=O)N(c1ccc(F)cc1)[C@H]1COC2(CCN(C(=O)c3ccccc3-c3ccccc3)CC2)C1. The highest BCUT2D eigenvalue weighted by atomic mass is 19.1. The van der Waals surface area contributed by atoms with Gasteiger partial charge < -0.3 is 14.5 Å². The highest BCUT2D eigenvalue weighted by Gasteiger charge is 2.46. The van der Waals surface area contributed by atoms with Gasteiger partial charge in [0.2, 0.25) is 5.91 Å². The van der Waals surface area contributed by atoms with Gasteiger partial charge in [-0.05, 0) is 60.7 Å². The van der Waals surface area contributed by atoms with Gasteiger partial charge in [0.1, 0.15) is 5.82 Å². The van der Waals surface area contributed by atoms with E-state index in [9.17, 15) is 14.0 Å². The van der Waals surface area contributed by atoms with Gasteiger partial charge in [-0.1, -0.05) is 48.5 Å². The van der Waals surface area contributed by atoms with Crippen molar-refractivity contribution in [3.63, 3.8) is 0 Å². The molecule has 3 aromatic rings. The molecule has 6 heteroatoms. The topological polar surface area (TPSA) is 49.9 Å². The number of nitrogens with zero attached hydrogens (tertiary/aromatic N) is 2. The van der Waals surface area contributed by atoms with E-state index in [2.05, 4.69) is 0 Å². The van der Waals surface area contributed by atoms with Gasteiger partial charge in [0.15, 0.2) is 0 Å². The largest absolute Gasteiger partial charge is 0.373 e. The van der Waals surface area contributed by atoms with E-state index in [1.807, 2.05) is 59.5 Å². The minimum absolute atomic E-state index is 0.0329. The normalized spacial score (nSPS) is 19.0. The first kappa shape index (κ1) is 23.2. The van der Waals surface area contributed by atoms with Crippen molar-refractivity contribution in [1.82, 2.24) is 4.90 Å². The second-order valence-corrected chi connectivity index (χ2v) is 9.42. The maximum atomic E-state index is 13.5. The number of piperidine rings is 1. The standard InChI is InChI=1S/C29H29FN2O3/c1-21(33)32(24-13-11-23(30)12-14-24)25-19-29(35-20-25)15-17-31(18-16-29)28(34)27-10-6-5-9-26(27)22-7-3-2-4-8-22/h2-14,25H,15-20H2,1H3/t25-/m1/s1. The maximum Gasteiger partial charge on any atom is 0.254 e. The molecule has 5 nitrogen and oxygen atoms in total. The molecule has 2 heterocycles. The molecule has 1 atom stereocenters. The molecule has 5 rings (SSSR count). The number of amides is 2. The van der Waals surface area contributed by atoms with E-state index in [-0.39, 0.29) is 29.3 Å². The molecule has 1 spiro atoms. The third-order valence-corrected chi connectivity index (χ3v) is 7.20. The van der Waals surface area contributed by atoms with E-state index < -0.39 is 0 Å². The molecule has 0 aromatic heterocycles. The molecule has 0 unspecified atom stereocenters. The van der Waals surface area contributed by atoms with Crippen LogP contribution >= 0.6 is 0 Å². The summed E-state index contributed by atoms with van der Waals surface area (Å²) in [7, 11) is 0. The molecule has 35 heavy (non-hydrogen) atoms. The quantitative estimate of drug-likeness (QED) is 0.517. The highest BCUT2D eigenvalue weighted by Crippen LogP contribution is 2.39. The molecule has 0 radical (unpaired) electrons. The van der Waals surface area contributed by atoms with Crippen molar-refractivity contribution in [1.29, 1.82) is 0 Å². The molecule has 2 aliphatic rings. The van der Waals surface area contributed by atoms with Crippen molar-refractivity contribution < 1.29 is 18.7 Å². The predicted octanol–water partition coefficient (Wildman–Crippen LogP) is 5.31. The smallest absolute Gasteiger partial charge is 0.254 e. The first-order valence-corrected chi connectivity index (χ1v) is 12.1. The number of likely N-dealkylation sites (tertiary alicyclic amines) is 1.